The molecule has 3 nitrogen and oxygen atoms in total. The van der Waals surface area contributed by atoms with Crippen molar-refractivity contribution >= 4 is 23.1 Å². The number of carbonyl (C=O) groups is 1. The molecule has 0 aromatic heterocycles. The summed E-state index contributed by atoms with van der Waals surface area (Å²) in [7, 11) is 0. The summed E-state index contributed by atoms with van der Waals surface area (Å²) in [6, 6.07) is 0. The highest BCUT2D eigenvalue weighted by Gasteiger charge is 2.26. The van der Waals surface area contributed by atoms with Crippen LogP contribution in [-0.2, 0) is 4.79 Å². The van der Waals surface area contributed by atoms with Crippen LogP contribution < -0.4 is 5.73 Å². The van der Waals surface area contributed by atoms with Gasteiger partial charge in [-0.1, -0.05) is 45.8 Å². The molecule has 1 atom stereocenters. The van der Waals surface area contributed by atoms with Gasteiger partial charge in [0.2, 0.25) is 5.91 Å². The molecular formula is C15H28N2OS. The summed E-state index contributed by atoms with van der Waals surface area (Å²) >= 11 is 5.08. The van der Waals surface area contributed by atoms with Crippen LogP contribution in [0.5, 0.6) is 0 Å². The Balaban J connectivity index is 2.49. The number of likely N-dealkylation sites (tertiary alicyclic amines) is 1. The van der Waals surface area contributed by atoms with E-state index in [0.717, 1.165) is 38.3 Å². The van der Waals surface area contributed by atoms with Crippen LogP contribution in [0.1, 0.15) is 59.3 Å². The highest BCUT2D eigenvalue weighted by atomic mass is 32.1. The van der Waals surface area contributed by atoms with Gasteiger partial charge in [0.15, 0.2) is 0 Å². The van der Waals surface area contributed by atoms with Crippen molar-refractivity contribution in [2.45, 2.75) is 59.3 Å². The predicted octanol–water partition coefficient (Wildman–Crippen LogP) is 3.12. The van der Waals surface area contributed by atoms with E-state index in [2.05, 4.69) is 20.8 Å². The Morgan fingerprint density at radius 2 is 2.16 bits per heavy atom. The number of amides is 1. The summed E-state index contributed by atoms with van der Waals surface area (Å²) in [5.41, 5.74) is 5.58. The SMILES string of the molecule is CCCC1CCC(=O)N(CCC(C)(C)C(N)=S)CC1. The van der Waals surface area contributed by atoms with E-state index in [9.17, 15) is 4.79 Å². The Hall–Kier alpha value is -0.640. The quantitative estimate of drug-likeness (QED) is 0.762. The molecule has 2 N–H and O–H groups in total. The second kappa shape index (κ2) is 7.22. The van der Waals surface area contributed by atoms with Crippen molar-refractivity contribution in [2.75, 3.05) is 13.1 Å². The van der Waals surface area contributed by atoms with Crippen molar-refractivity contribution in [2.24, 2.45) is 17.1 Å². The molecule has 1 aliphatic rings. The van der Waals surface area contributed by atoms with E-state index in [1.165, 1.54) is 12.8 Å². The molecule has 0 radical (unpaired) electrons. The highest BCUT2D eigenvalue weighted by molar-refractivity contribution is 7.80. The summed E-state index contributed by atoms with van der Waals surface area (Å²) in [6.07, 6.45) is 6.23. The number of carbonyl (C=O) groups excluding carboxylic acids is 1. The maximum atomic E-state index is 12.1. The van der Waals surface area contributed by atoms with Gasteiger partial charge in [-0.05, 0) is 25.2 Å². The number of rotatable bonds is 6. The summed E-state index contributed by atoms with van der Waals surface area (Å²) < 4.78 is 0. The second-order valence-electron chi connectivity index (χ2n) is 6.36. The second-order valence-corrected chi connectivity index (χ2v) is 6.80. The van der Waals surface area contributed by atoms with Crippen LogP contribution in [0.3, 0.4) is 0 Å². The zero-order chi connectivity index (χ0) is 14.5. The topological polar surface area (TPSA) is 46.3 Å². The van der Waals surface area contributed by atoms with Crippen molar-refractivity contribution in [1.82, 2.24) is 4.90 Å². The molecule has 1 fully saturated rings. The maximum Gasteiger partial charge on any atom is 0.222 e. The number of thiocarbonyl (C=S) groups is 1. The summed E-state index contributed by atoms with van der Waals surface area (Å²) in [4.78, 5) is 14.7. The van der Waals surface area contributed by atoms with Gasteiger partial charge in [-0.15, -0.1) is 0 Å². The lowest BCUT2D eigenvalue weighted by Gasteiger charge is -2.28. The normalized spacial score (nSPS) is 21.3. The van der Waals surface area contributed by atoms with Gasteiger partial charge in [0.1, 0.15) is 0 Å². The van der Waals surface area contributed by atoms with Gasteiger partial charge in [0.25, 0.3) is 0 Å². The Morgan fingerprint density at radius 1 is 1.47 bits per heavy atom. The van der Waals surface area contributed by atoms with Crippen LogP contribution in [0, 0.1) is 11.3 Å². The fourth-order valence-corrected chi connectivity index (χ4v) is 2.67. The lowest BCUT2D eigenvalue weighted by Crippen LogP contribution is -2.37. The van der Waals surface area contributed by atoms with Crippen LogP contribution >= 0.6 is 12.2 Å². The minimum atomic E-state index is -0.162. The van der Waals surface area contributed by atoms with Crippen LogP contribution in [0.25, 0.3) is 0 Å². The molecule has 0 bridgehead atoms. The molecule has 1 aliphatic heterocycles. The first kappa shape index (κ1) is 16.4. The smallest absolute Gasteiger partial charge is 0.222 e. The Kier molecular flexibility index (Phi) is 6.24. The maximum absolute atomic E-state index is 12.1. The highest BCUT2D eigenvalue weighted by Crippen LogP contribution is 2.25. The van der Waals surface area contributed by atoms with Crippen molar-refractivity contribution in [1.29, 1.82) is 0 Å². The van der Waals surface area contributed by atoms with Crippen molar-refractivity contribution in [3.8, 4) is 0 Å². The first-order chi connectivity index (χ1) is 8.86. The van der Waals surface area contributed by atoms with Crippen LogP contribution in [0.4, 0.5) is 0 Å². The molecule has 19 heavy (non-hydrogen) atoms. The van der Waals surface area contributed by atoms with E-state index in [4.69, 9.17) is 18.0 Å². The third kappa shape index (κ3) is 5.09. The molecule has 0 aliphatic carbocycles. The van der Waals surface area contributed by atoms with E-state index in [1.54, 1.807) is 0 Å². The zero-order valence-corrected chi connectivity index (χ0v) is 13.4. The van der Waals surface area contributed by atoms with E-state index in [1.807, 2.05) is 4.90 Å². The van der Waals surface area contributed by atoms with E-state index in [-0.39, 0.29) is 5.41 Å². The first-order valence-corrected chi connectivity index (χ1v) is 7.85. The molecular weight excluding hydrogens is 256 g/mol. The van der Waals surface area contributed by atoms with Crippen molar-refractivity contribution in [3.63, 3.8) is 0 Å². The van der Waals surface area contributed by atoms with Gasteiger partial charge < -0.3 is 10.6 Å². The fourth-order valence-electron chi connectivity index (χ4n) is 2.56. The van der Waals surface area contributed by atoms with Crippen LogP contribution in [-0.4, -0.2) is 28.9 Å². The molecule has 0 saturated carbocycles. The Labute approximate surface area is 122 Å². The predicted molar refractivity (Wildman–Crippen MR) is 84.0 cm³/mol. The Bertz CT molecular complexity index is 328. The average Bonchev–Trinajstić information content (AvgIpc) is 2.50. The third-order valence-corrected chi connectivity index (χ3v) is 4.85. The zero-order valence-electron chi connectivity index (χ0n) is 12.6. The van der Waals surface area contributed by atoms with Gasteiger partial charge in [-0.3, -0.25) is 4.79 Å². The number of hydrogen-bond acceptors (Lipinski definition) is 2. The first-order valence-electron chi connectivity index (χ1n) is 7.44. The molecule has 1 unspecified atom stereocenters. The summed E-state index contributed by atoms with van der Waals surface area (Å²) in [6.45, 7) is 8.00. The van der Waals surface area contributed by atoms with E-state index < -0.39 is 0 Å². The minimum absolute atomic E-state index is 0.162. The molecule has 4 heteroatoms. The summed E-state index contributed by atoms with van der Waals surface area (Å²) in [5, 5.41) is 0. The monoisotopic (exact) mass is 284 g/mol. The average molecular weight is 284 g/mol. The molecule has 1 amide bonds. The molecule has 1 rings (SSSR count). The van der Waals surface area contributed by atoms with Crippen LogP contribution in [0.15, 0.2) is 0 Å². The number of hydrogen-bond donors (Lipinski definition) is 1. The molecule has 0 spiro atoms. The van der Waals surface area contributed by atoms with Gasteiger partial charge in [0.05, 0.1) is 4.99 Å². The van der Waals surface area contributed by atoms with Gasteiger partial charge in [-0.2, -0.15) is 0 Å². The van der Waals surface area contributed by atoms with Gasteiger partial charge >= 0.3 is 0 Å². The molecule has 1 heterocycles. The lowest BCUT2D eigenvalue weighted by atomic mass is 9.89. The largest absolute Gasteiger partial charge is 0.393 e. The molecule has 1 saturated heterocycles. The van der Waals surface area contributed by atoms with Crippen molar-refractivity contribution < 1.29 is 4.79 Å². The Morgan fingerprint density at radius 3 is 2.74 bits per heavy atom. The van der Waals surface area contributed by atoms with E-state index in [0.29, 0.717) is 17.3 Å². The van der Waals surface area contributed by atoms with Gasteiger partial charge in [0, 0.05) is 24.9 Å². The lowest BCUT2D eigenvalue weighted by molar-refractivity contribution is -0.130. The summed E-state index contributed by atoms with van der Waals surface area (Å²) in [5.74, 6) is 1.03. The number of nitrogens with two attached hydrogens (primary N) is 1. The fraction of sp³-hybridized carbons (Fsp3) is 0.867. The van der Waals surface area contributed by atoms with E-state index >= 15 is 0 Å². The molecule has 0 aromatic carbocycles. The molecule has 0 aromatic rings. The third-order valence-electron chi connectivity index (χ3n) is 4.30. The standard InChI is InChI=1S/C15H28N2OS/c1-4-5-12-6-7-13(18)17(10-8-12)11-9-15(2,3)14(16)19/h12H,4-11H2,1-3H3,(H2,16,19). The molecule has 110 valence electrons. The minimum Gasteiger partial charge on any atom is -0.393 e. The number of nitrogens with zero attached hydrogens (tertiary/aromatic N) is 1. The van der Waals surface area contributed by atoms with Crippen LogP contribution in [0.2, 0.25) is 0 Å². The van der Waals surface area contributed by atoms with Crippen molar-refractivity contribution in [3.05, 3.63) is 0 Å². The van der Waals surface area contributed by atoms with Gasteiger partial charge in [-0.25, -0.2) is 0 Å².